The van der Waals surface area contributed by atoms with E-state index in [4.69, 9.17) is 10.7 Å². The molecule has 35 heavy (non-hydrogen) atoms. The highest BCUT2D eigenvalue weighted by atomic mass is 32.1. The lowest BCUT2D eigenvalue weighted by atomic mass is 9.95. The molecule has 0 atom stereocenters. The number of nitrogens with one attached hydrogen (secondary N) is 1. The fourth-order valence-electron chi connectivity index (χ4n) is 5.51. The summed E-state index contributed by atoms with van der Waals surface area (Å²) in [5.74, 6) is 2.50. The molecule has 0 bridgehead atoms. The monoisotopic (exact) mass is 482 g/mol. The zero-order chi connectivity index (χ0) is 23.5. The molecule has 1 amide bonds. The molecule has 1 saturated heterocycles. The van der Waals surface area contributed by atoms with Crippen LogP contribution in [0.5, 0.6) is 0 Å². The van der Waals surface area contributed by atoms with E-state index in [1.807, 2.05) is 27.9 Å². The Morgan fingerprint density at radius 1 is 1.11 bits per heavy atom. The number of hydrogen-bond acceptors (Lipinski definition) is 5. The second kappa shape index (κ2) is 7.95. The largest absolute Gasteiger partial charge is 0.382 e. The second-order valence-electron chi connectivity index (χ2n) is 9.70. The van der Waals surface area contributed by atoms with Crippen LogP contribution in [-0.2, 0) is 0 Å². The maximum Gasteiger partial charge on any atom is 0.254 e. The first-order valence-electron chi connectivity index (χ1n) is 12.2. The first-order chi connectivity index (χ1) is 17.2. The smallest absolute Gasteiger partial charge is 0.254 e. The van der Waals surface area contributed by atoms with Crippen molar-refractivity contribution in [1.82, 2.24) is 24.3 Å². The fraction of sp³-hybridized carbons (Fsp3) is 0.296. The molecule has 1 aromatic carbocycles. The number of hydrogen-bond donors (Lipinski definition) is 2. The van der Waals surface area contributed by atoms with Crippen LogP contribution in [-0.4, -0.2) is 43.2 Å². The van der Waals surface area contributed by atoms with E-state index in [-0.39, 0.29) is 11.8 Å². The van der Waals surface area contributed by atoms with E-state index in [9.17, 15) is 4.79 Å². The number of rotatable bonds is 4. The molecule has 1 aliphatic heterocycles. The first kappa shape index (κ1) is 20.7. The summed E-state index contributed by atoms with van der Waals surface area (Å²) >= 11 is 1.56. The Bertz CT molecular complexity index is 1550. The van der Waals surface area contributed by atoms with Gasteiger partial charge in [0, 0.05) is 47.7 Å². The molecule has 2 aliphatic rings. The maximum absolute atomic E-state index is 12.8. The summed E-state index contributed by atoms with van der Waals surface area (Å²) in [6.45, 7) is 1.45. The second-order valence-corrected chi connectivity index (χ2v) is 10.5. The van der Waals surface area contributed by atoms with Crippen LogP contribution in [0.25, 0.3) is 27.8 Å². The van der Waals surface area contributed by atoms with Gasteiger partial charge in [-0.2, -0.15) is 11.3 Å². The van der Waals surface area contributed by atoms with E-state index in [1.165, 1.54) is 29.3 Å². The number of carbonyl (C=O) groups excluding carboxylic acids is 1. The number of nitrogen functional groups attached to an aromatic ring is 1. The number of para-hydroxylation sites is 1. The molecule has 2 fully saturated rings. The highest BCUT2D eigenvalue weighted by Crippen LogP contribution is 2.44. The van der Waals surface area contributed by atoms with Crippen LogP contribution in [0.3, 0.4) is 0 Å². The minimum Gasteiger partial charge on any atom is -0.382 e. The number of aromatic nitrogens is 4. The predicted octanol–water partition coefficient (Wildman–Crippen LogP) is 5.42. The van der Waals surface area contributed by atoms with Gasteiger partial charge in [0.2, 0.25) is 0 Å². The number of thiophene rings is 1. The highest BCUT2D eigenvalue weighted by Gasteiger charge is 2.30. The maximum atomic E-state index is 12.8. The van der Waals surface area contributed by atoms with Gasteiger partial charge in [-0.1, -0.05) is 18.2 Å². The van der Waals surface area contributed by atoms with Gasteiger partial charge >= 0.3 is 0 Å². The zero-order valence-corrected chi connectivity index (χ0v) is 20.1. The fourth-order valence-corrected chi connectivity index (χ4v) is 6.14. The molecular weight excluding hydrogens is 456 g/mol. The van der Waals surface area contributed by atoms with E-state index < -0.39 is 0 Å². The number of anilines is 1. The van der Waals surface area contributed by atoms with E-state index in [0.29, 0.717) is 11.7 Å². The van der Waals surface area contributed by atoms with Crippen molar-refractivity contribution >= 4 is 39.5 Å². The van der Waals surface area contributed by atoms with Gasteiger partial charge in [0.25, 0.3) is 5.91 Å². The Labute approximate surface area is 206 Å². The third-order valence-electron chi connectivity index (χ3n) is 7.49. The summed E-state index contributed by atoms with van der Waals surface area (Å²) < 4.78 is 2.10. The van der Waals surface area contributed by atoms with Crippen LogP contribution in [0.1, 0.15) is 59.3 Å². The van der Waals surface area contributed by atoms with Crippen LogP contribution in [0.15, 0.2) is 53.5 Å². The number of likely N-dealkylation sites (tertiary alicyclic amines) is 1. The van der Waals surface area contributed by atoms with Crippen LogP contribution < -0.4 is 5.73 Å². The minimum absolute atomic E-state index is 0.122. The van der Waals surface area contributed by atoms with Crippen molar-refractivity contribution in [2.24, 2.45) is 0 Å². The molecule has 1 saturated carbocycles. The van der Waals surface area contributed by atoms with E-state index in [2.05, 4.69) is 38.6 Å². The summed E-state index contributed by atoms with van der Waals surface area (Å²) in [6, 6.07) is 10.6. The van der Waals surface area contributed by atoms with Crippen molar-refractivity contribution in [3.8, 4) is 11.4 Å². The third kappa shape index (κ3) is 3.43. The van der Waals surface area contributed by atoms with Crippen molar-refractivity contribution in [3.05, 3.63) is 70.4 Å². The Kier molecular flexibility index (Phi) is 4.70. The first-order valence-corrected chi connectivity index (χ1v) is 13.2. The average molecular weight is 483 g/mol. The van der Waals surface area contributed by atoms with Crippen molar-refractivity contribution < 1.29 is 4.79 Å². The summed E-state index contributed by atoms with van der Waals surface area (Å²) in [6.07, 6.45) is 7.96. The Hall–Kier alpha value is -3.65. The minimum atomic E-state index is 0.122. The Morgan fingerprint density at radius 3 is 2.74 bits per heavy atom. The molecule has 0 spiro atoms. The highest BCUT2D eigenvalue weighted by molar-refractivity contribution is 7.08. The number of fused-ring (bicyclic) bond motifs is 2. The lowest BCUT2D eigenvalue weighted by molar-refractivity contribution is 0.0711. The molecule has 5 heterocycles. The van der Waals surface area contributed by atoms with Gasteiger partial charge < -0.3 is 15.6 Å². The summed E-state index contributed by atoms with van der Waals surface area (Å²) in [5, 5.41) is 5.08. The lowest BCUT2D eigenvalue weighted by Crippen LogP contribution is -2.38. The van der Waals surface area contributed by atoms with Crippen LogP contribution in [0.2, 0.25) is 0 Å². The van der Waals surface area contributed by atoms with Crippen molar-refractivity contribution in [2.45, 2.75) is 37.5 Å². The van der Waals surface area contributed by atoms with Crippen LogP contribution >= 0.6 is 11.3 Å². The number of benzene rings is 1. The zero-order valence-electron chi connectivity index (χ0n) is 19.3. The molecule has 0 unspecified atom stereocenters. The van der Waals surface area contributed by atoms with Gasteiger partial charge in [-0.25, -0.2) is 9.97 Å². The van der Waals surface area contributed by atoms with Gasteiger partial charge in [0.15, 0.2) is 0 Å². The number of aromatic amines is 1. The molecule has 7 rings (SSSR count). The third-order valence-corrected chi connectivity index (χ3v) is 8.17. The van der Waals surface area contributed by atoms with E-state index >= 15 is 0 Å². The lowest BCUT2D eigenvalue weighted by Gasteiger charge is -2.31. The van der Waals surface area contributed by atoms with Gasteiger partial charge in [-0.15, -0.1) is 0 Å². The number of amides is 1. The number of H-pyrrole nitrogens is 1. The van der Waals surface area contributed by atoms with E-state index in [0.717, 1.165) is 54.2 Å². The molecule has 1 aliphatic carbocycles. The normalized spacial score (nSPS) is 17.0. The van der Waals surface area contributed by atoms with Gasteiger partial charge in [0.05, 0.1) is 11.3 Å². The molecule has 7 nitrogen and oxygen atoms in total. The molecule has 4 aromatic heterocycles. The molecular formula is C27H26N6OS. The molecule has 5 aromatic rings. The number of nitrogens with zero attached hydrogens (tertiary/aromatic N) is 4. The quantitative estimate of drug-likeness (QED) is 0.358. The predicted molar refractivity (Wildman–Crippen MR) is 139 cm³/mol. The van der Waals surface area contributed by atoms with Crippen LogP contribution in [0.4, 0.5) is 5.82 Å². The van der Waals surface area contributed by atoms with E-state index in [1.54, 1.807) is 17.5 Å². The molecule has 176 valence electrons. The molecule has 3 N–H and O–H groups in total. The molecule has 8 heteroatoms. The molecule has 0 radical (unpaired) electrons. The summed E-state index contributed by atoms with van der Waals surface area (Å²) in [7, 11) is 0. The summed E-state index contributed by atoms with van der Waals surface area (Å²) in [4.78, 5) is 28.0. The van der Waals surface area contributed by atoms with Crippen molar-refractivity contribution in [2.75, 3.05) is 18.8 Å². The standard InChI is InChI=1S/C27H26N6OS/c28-25-24-23(21-14-18-2-1-3-20(16-4-5-16)22(18)30-21)31-26(33(24)12-9-29-25)17-6-10-32(11-7-17)27(34)19-8-13-35-15-19/h1-3,8-9,12-17,30H,4-7,10-11H2,(H2,28,29). The van der Waals surface area contributed by atoms with Crippen molar-refractivity contribution in [3.63, 3.8) is 0 Å². The SMILES string of the molecule is Nc1nccn2c(C3CCN(C(=O)c4ccsc4)CC3)nc(-c3cc4cccc(C5CC5)c4[nH]3)c12. The Balaban J connectivity index is 1.25. The number of piperidine rings is 1. The van der Waals surface area contributed by atoms with Gasteiger partial charge in [-0.3, -0.25) is 9.20 Å². The van der Waals surface area contributed by atoms with Crippen LogP contribution in [0, 0.1) is 0 Å². The summed E-state index contributed by atoms with van der Waals surface area (Å²) in [5.41, 5.74) is 12.4. The number of imidazole rings is 1. The number of nitrogens with two attached hydrogens (primary N) is 1. The topological polar surface area (TPSA) is 92.3 Å². The van der Waals surface area contributed by atoms with Crippen molar-refractivity contribution in [1.29, 1.82) is 0 Å². The average Bonchev–Trinajstić information content (AvgIpc) is 3.26. The van der Waals surface area contributed by atoms with Gasteiger partial charge in [0.1, 0.15) is 22.9 Å². The number of carbonyl (C=O) groups is 1. The Morgan fingerprint density at radius 2 is 1.97 bits per heavy atom. The van der Waals surface area contributed by atoms with Gasteiger partial charge in [-0.05, 0) is 54.7 Å².